The molecule has 1 aliphatic heterocycles. The Kier molecular flexibility index (Phi) is 7.03. The van der Waals surface area contributed by atoms with E-state index < -0.39 is 18.3 Å². The van der Waals surface area contributed by atoms with Crippen LogP contribution in [0.3, 0.4) is 0 Å². The lowest BCUT2D eigenvalue weighted by Gasteiger charge is -2.30. The number of methoxy groups -OCH3 is 1. The highest BCUT2D eigenvalue weighted by Crippen LogP contribution is 2.37. The van der Waals surface area contributed by atoms with Crippen LogP contribution in [0, 0.1) is 5.92 Å². The van der Waals surface area contributed by atoms with E-state index in [2.05, 4.69) is 10.3 Å². The van der Waals surface area contributed by atoms with Gasteiger partial charge in [-0.2, -0.15) is 0 Å². The molecule has 10 heteroatoms. The summed E-state index contributed by atoms with van der Waals surface area (Å²) in [6.07, 6.45) is 0.499. The maximum absolute atomic E-state index is 13.4. The molecule has 2 aromatic carbocycles. The van der Waals surface area contributed by atoms with Crippen LogP contribution in [0.2, 0.25) is 0 Å². The third-order valence-corrected chi connectivity index (χ3v) is 7.71. The molecule has 1 amide bonds. The number of aliphatic hydroxyl groups excluding tert-OH is 2. The number of carbonyl (C=O) groups excluding carboxylic acids is 2. The van der Waals surface area contributed by atoms with Gasteiger partial charge in [0.15, 0.2) is 11.6 Å². The van der Waals surface area contributed by atoms with Gasteiger partial charge in [0.25, 0.3) is 5.91 Å². The molecule has 208 valence electrons. The molecule has 4 unspecified atom stereocenters. The number of carbonyl (C=O) groups is 2. The molecular weight excluding hydrogens is 514 g/mol. The van der Waals surface area contributed by atoms with Crippen molar-refractivity contribution in [2.75, 3.05) is 13.7 Å². The van der Waals surface area contributed by atoms with Crippen molar-refractivity contribution in [1.82, 2.24) is 14.9 Å². The van der Waals surface area contributed by atoms with Crippen molar-refractivity contribution in [3.8, 4) is 11.7 Å². The summed E-state index contributed by atoms with van der Waals surface area (Å²) in [4.78, 5) is 29.3. The van der Waals surface area contributed by atoms with E-state index in [4.69, 9.17) is 13.9 Å². The van der Waals surface area contributed by atoms with E-state index in [0.29, 0.717) is 43.0 Å². The molecule has 3 heterocycles. The summed E-state index contributed by atoms with van der Waals surface area (Å²) >= 11 is 0. The average molecular weight is 546 g/mol. The lowest BCUT2D eigenvalue weighted by Crippen LogP contribution is -2.47. The van der Waals surface area contributed by atoms with Crippen molar-refractivity contribution >= 4 is 22.6 Å². The summed E-state index contributed by atoms with van der Waals surface area (Å²) in [7, 11) is 1.60. The monoisotopic (exact) mass is 545 g/mol. The fourth-order valence-corrected chi connectivity index (χ4v) is 5.55. The molecule has 1 fully saturated rings. The van der Waals surface area contributed by atoms with Gasteiger partial charge in [-0.15, -0.1) is 0 Å². The zero-order valence-electron chi connectivity index (χ0n) is 22.1. The van der Waals surface area contributed by atoms with Gasteiger partial charge in [-0.25, -0.2) is 4.98 Å². The van der Waals surface area contributed by atoms with Crippen LogP contribution in [-0.4, -0.2) is 57.3 Å². The van der Waals surface area contributed by atoms with Gasteiger partial charge in [0, 0.05) is 43.5 Å². The predicted octanol–water partition coefficient (Wildman–Crippen LogP) is 3.18. The van der Waals surface area contributed by atoms with Gasteiger partial charge in [0.2, 0.25) is 0 Å². The Hall–Kier alpha value is -4.15. The normalized spacial score (nSPS) is 22.2. The van der Waals surface area contributed by atoms with Gasteiger partial charge in [0.05, 0.1) is 24.7 Å². The van der Waals surface area contributed by atoms with Crippen LogP contribution in [-0.2, 0) is 17.8 Å². The molecule has 0 radical (unpaired) electrons. The lowest BCUT2D eigenvalue weighted by atomic mass is 10.0. The molecule has 2 aromatic heterocycles. The van der Waals surface area contributed by atoms with Crippen LogP contribution in [0.4, 0.5) is 0 Å². The first-order valence-electron chi connectivity index (χ1n) is 13.4. The number of nitrogens with one attached hydrogen (secondary N) is 1. The number of aliphatic hydroxyl groups is 2. The summed E-state index contributed by atoms with van der Waals surface area (Å²) in [5.74, 6) is 1.11. The zero-order valence-corrected chi connectivity index (χ0v) is 22.1. The first-order valence-corrected chi connectivity index (χ1v) is 13.4. The number of amides is 1. The maximum Gasteiger partial charge on any atom is 0.311 e. The molecule has 1 aliphatic carbocycles. The number of hydrogen-bond acceptors (Lipinski definition) is 8. The number of benzene rings is 2. The minimum Gasteiger partial charge on any atom is -0.497 e. The van der Waals surface area contributed by atoms with Gasteiger partial charge in [-0.05, 0) is 30.0 Å². The average Bonchev–Trinajstić information content (AvgIpc) is 3.67. The number of nitrogens with zero attached hydrogens (tertiary/aromatic N) is 2. The molecule has 6 rings (SSSR count). The van der Waals surface area contributed by atoms with Crippen molar-refractivity contribution in [2.45, 2.75) is 50.5 Å². The van der Waals surface area contributed by atoms with Crippen LogP contribution < -0.4 is 14.8 Å². The lowest BCUT2D eigenvalue weighted by molar-refractivity contribution is -0.117. The molecule has 4 aromatic rings. The third kappa shape index (κ3) is 5.07. The largest absolute Gasteiger partial charge is 0.497 e. The minimum absolute atomic E-state index is 0.0305. The van der Waals surface area contributed by atoms with Crippen LogP contribution in [0.15, 0.2) is 59.1 Å². The SMILES string of the molecule is COc1ccc2c(C(=O)NCC3Oc4oc(CC5CCC(=O)C5)nc4C(O)C3O)cn(Cc3ccccc3)c2c1. The zero-order chi connectivity index (χ0) is 27.8. The highest BCUT2D eigenvalue weighted by Gasteiger charge is 2.41. The molecule has 0 spiro atoms. The fourth-order valence-electron chi connectivity index (χ4n) is 5.55. The minimum atomic E-state index is -1.33. The summed E-state index contributed by atoms with van der Waals surface area (Å²) < 4.78 is 19.0. The second kappa shape index (κ2) is 10.8. The molecule has 1 saturated carbocycles. The first-order chi connectivity index (χ1) is 19.4. The predicted molar refractivity (Wildman–Crippen MR) is 144 cm³/mol. The molecule has 40 heavy (non-hydrogen) atoms. The Labute approximate surface area is 230 Å². The molecule has 0 saturated heterocycles. The Morgan fingerprint density at radius 3 is 2.77 bits per heavy atom. The van der Waals surface area contributed by atoms with Crippen molar-refractivity contribution in [2.24, 2.45) is 5.92 Å². The fraction of sp³-hybridized carbons (Fsp3) is 0.367. The van der Waals surface area contributed by atoms with Crippen LogP contribution in [0.5, 0.6) is 11.7 Å². The van der Waals surface area contributed by atoms with Crippen LogP contribution in [0.25, 0.3) is 10.9 Å². The summed E-state index contributed by atoms with van der Waals surface area (Å²) in [6.45, 7) is 0.505. The molecule has 2 aliphatic rings. The Bertz CT molecular complexity index is 1540. The third-order valence-electron chi connectivity index (χ3n) is 7.71. The van der Waals surface area contributed by atoms with E-state index in [1.54, 1.807) is 19.4 Å². The van der Waals surface area contributed by atoms with Crippen LogP contribution >= 0.6 is 0 Å². The Morgan fingerprint density at radius 2 is 2.02 bits per heavy atom. The number of Topliss-reactive ketones (excluding diaryl/α,β-unsaturated/α-hetero) is 1. The van der Waals surface area contributed by atoms with E-state index in [9.17, 15) is 19.8 Å². The van der Waals surface area contributed by atoms with Crippen molar-refractivity contribution in [3.63, 3.8) is 0 Å². The number of hydrogen-bond donors (Lipinski definition) is 3. The second-order valence-electron chi connectivity index (χ2n) is 10.5. The number of aromatic nitrogens is 2. The number of ketones is 1. The number of ether oxygens (including phenoxy) is 2. The number of fused-ring (bicyclic) bond motifs is 2. The van der Waals surface area contributed by atoms with Crippen molar-refractivity contribution < 1.29 is 33.7 Å². The van der Waals surface area contributed by atoms with Gasteiger partial charge in [0.1, 0.15) is 29.8 Å². The highest BCUT2D eigenvalue weighted by atomic mass is 16.6. The van der Waals surface area contributed by atoms with E-state index in [1.807, 2.05) is 47.0 Å². The molecule has 0 bridgehead atoms. The van der Waals surface area contributed by atoms with Gasteiger partial charge < -0.3 is 34.0 Å². The smallest absolute Gasteiger partial charge is 0.311 e. The summed E-state index contributed by atoms with van der Waals surface area (Å²) in [5, 5.41) is 25.0. The first kappa shape index (κ1) is 26.1. The van der Waals surface area contributed by atoms with Gasteiger partial charge in [-0.3, -0.25) is 9.59 Å². The second-order valence-corrected chi connectivity index (χ2v) is 10.5. The van der Waals surface area contributed by atoms with Gasteiger partial charge >= 0.3 is 5.95 Å². The Morgan fingerprint density at radius 1 is 1.20 bits per heavy atom. The summed E-state index contributed by atoms with van der Waals surface area (Å²) in [6, 6.07) is 15.5. The highest BCUT2D eigenvalue weighted by molar-refractivity contribution is 6.07. The van der Waals surface area contributed by atoms with Crippen molar-refractivity contribution in [1.29, 1.82) is 0 Å². The van der Waals surface area contributed by atoms with Gasteiger partial charge in [-0.1, -0.05) is 30.3 Å². The van der Waals surface area contributed by atoms with E-state index in [1.165, 1.54) is 0 Å². The topological polar surface area (TPSA) is 136 Å². The van der Waals surface area contributed by atoms with E-state index in [0.717, 1.165) is 22.9 Å². The molecule has 4 atom stereocenters. The maximum atomic E-state index is 13.4. The van der Waals surface area contributed by atoms with E-state index >= 15 is 0 Å². The Balaban J connectivity index is 1.18. The quantitative estimate of drug-likeness (QED) is 0.307. The molecular formula is C30H31N3O7. The molecule has 3 N–H and O–H groups in total. The van der Waals surface area contributed by atoms with Crippen LogP contribution in [0.1, 0.15) is 52.9 Å². The molecule has 10 nitrogen and oxygen atoms in total. The summed E-state index contributed by atoms with van der Waals surface area (Å²) in [5.41, 5.74) is 2.53. The van der Waals surface area contributed by atoms with E-state index in [-0.39, 0.29) is 35.8 Å². The standard InChI is InChI=1S/C30H31N3O7/c1-38-20-9-10-21-22(16-33(23(21)13-20)15-17-5-3-2-4-6-17)29(37)31-14-24-27(35)28(36)26-30(39-24)40-25(32-26)12-18-7-8-19(34)11-18/h2-6,9-10,13,16,18,24,27-28,35-36H,7-8,11-12,14-15H2,1H3,(H,31,37). The van der Waals surface area contributed by atoms with Crippen molar-refractivity contribution in [3.05, 3.63) is 77.4 Å². The number of rotatable bonds is 8. The number of oxazole rings is 1.